The minimum atomic E-state index is -0.759. The zero-order valence-electron chi connectivity index (χ0n) is 20.7. The molecule has 0 saturated heterocycles. The number of halogens is 1. The van der Waals surface area contributed by atoms with Gasteiger partial charge in [-0.3, -0.25) is 19.1 Å². The van der Waals surface area contributed by atoms with Crippen LogP contribution in [0.5, 0.6) is 5.75 Å². The van der Waals surface area contributed by atoms with Gasteiger partial charge >= 0.3 is 0 Å². The number of carbonyl (C=O) groups excluding carboxylic acids is 3. The van der Waals surface area contributed by atoms with Crippen molar-refractivity contribution in [2.24, 2.45) is 7.05 Å². The number of amides is 3. The summed E-state index contributed by atoms with van der Waals surface area (Å²) in [6.07, 6.45) is 0.824. The minimum Gasteiger partial charge on any atom is -0.482 e. The van der Waals surface area contributed by atoms with E-state index in [1.165, 1.54) is 30.0 Å². The van der Waals surface area contributed by atoms with Crippen molar-refractivity contribution in [3.63, 3.8) is 0 Å². The van der Waals surface area contributed by atoms with Crippen LogP contribution in [0.2, 0.25) is 0 Å². The third kappa shape index (κ3) is 4.90. The van der Waals surface area contributed by atoms with Gasteiger partial charge in [0.15, 0.2) is 11.6 Å². The number of fused-ring (bicyclic) bond motifs is 5. The van der Waals surface area contributed by atoms with Gasteiger partial charge in [-0.1, -0.05) is 0 Å². The van der Waals surface area contributed by atoms with Gasteiger partial charge in [0, 0.05) is 55.2 Å². The average Bonchev–Trinajstić information content (AvgIpc) is 3.10. The van der Waals surface area contributed by atoms with Crippen LogP contribution < -0.4 is 15.4 Å². The Bertz CT molecular complexity index is 1370. The second kappa shape index (κ2) is 9.76. The molecule has 0 spiro atoms. The maximum atomic E-state index is 14.2. The Morgan fingerprint density at radius 1 is 1.25 bits per heavy atom. The average molecular weight is 495 g/mol. The number of hydrogen-bond acceptors (Lipinski definition) is 6. The second-order valence-corrected chi connectivity index (χ2v) is 8.71. The molecule has 2 bridgehead atoms. The zero-order valence-corrected chi connectivity index (χ0v) is 20.7. The Morgan fingerprint density at radius 2 is 2.00 bits per heavy atom. The number of anilines is 1. The Hall–Kier alpha value is -4.28. The molecule has 4 rings (SSSR count). The van der Waals surface area contributed by atoms with Gasteiger partial charge in [-0.2, -0.15) is 5.10 Å². The van der Waals surface area contributed by atoms with Crippen molar-refractivity contribution in [2.45, 2.75) is 33.4 Å². The predicted molar refractivity (Wildman–Crippen MR) is 130 cm³/mol. The lowest BCUT2D eigenvalue weighted by atomic mass is 10.00. The van der Waals surface area contributed by atoms with E-state index >= 15 is 0 Å². The number of nitrogens with one attached hydrogen (secondary N) is 2. The third-order valence-corrected chi connectivity index (χ3v) is 6.02. The summed E-state index contributed by atoms with van der Waals surface area (Å²) >= 11 is 0. The highest BCUT2D eigenvalue weighted by Gasteiger charge is 2.26. The Morgan fingerprint density at radius 3 is 2.72 bits per heavy atom. The van der Waals surface area contributed by atoms with E-state index in [0.717, 1.165) is 11.3 Å². The molecular formula is C25H27FN6O4. The largest absolute Gasteiger partial charge is 0.482 e. The molecule has 0 radical (unpaired) electrons. The molecular weight excluding hydrogens is 467 g/mol. The molecule has 0 aliphatic carbocycles. The van der Waals surface area contributed by atoms with E-state index in [9.17, 15) is 18.8 Å². The van der Waals surface area contributed by atoms with Gasteiger partial charge in [0.2, 0.25) is 11.8 Å². The normalized spacial score (nSPS) is 15.1. The molecule has 36 heavy (non-hydrogen) atoms. The SMILES string of the molecule is CC(=O)NCC(=O)Nc1ncc2cc1O[C@H](C)c1cc(F)ccc1C(=O)N(C)Cc1nn(C)c(C)c1-2. The van der Waals surface area contributed by atoms with Crippen molar-refractivity contribution in [3.05, 3.63) is 58.8 Å². The summed E-state index contributed by atoms with van der Waals surface area (Å²) in [7, 11) is 3.47. The Kier molecular flexibility index (Phi) is 6.73. The number of hydrogen-bond donors (Lipinski definition) is 2. The first kappa shape index (κ1) is 24.8. The van der Waals surface area contributed by atoms with Gasteiger partial charge < -0.3 is 20.3 Å². The van der Waals surface area contributed by atoms with E-state index in [-0.39, 0.29) is 36.5 Å². The number of ether oxygens (including phenoxy) is 1. The fraction of sp³-hybridized carbons (Fsp3) is 0.320. The van der Waals surface area contributed by atoms with Crippen molar-refractivity contribution in [3.8, 4) is 16.9 Å². The quantitative estimate of drug-likeness (QED) is 0.578. The molecule has 0 fully saturated rings. The van der Waals surface area contributed by atoms with Crippen LogP contribution in [0.1, 0.15) is 47.3 Å². The standard InChI is InChI=1S/C25H27FN6O4/c1-13-23-16-8-21(24(28-10-16)29-22(34)11-27-15(3)33)36-14(2)19-9-17(26)6-7-18(19)25(35)31(4)12-20(23)30-32(13)5/h6-10,14H,11-12H2,1-5H3,(H,27,33)(H,28,29,34)/t14-/m1/s1. The van der Waals surface area contributed by atoms with Crippen LogP contribution in [-0.4, -0.2) is 51.0 Å². The second-order valence-electron chi connectivity index (χ2n) is 8.71. The van der Waals surface area contributed by atoms with Gasteiger partial charge in [-0.05, 0) is 38.1 Å². The van der Waals surface area contributed by atoms with Crippen molar-refractivity contribution in [2.75, 3.05) is 18.9 Å². The fourth-order valence-corrected chi connectivity index (χ4v) is 4.13. The van der Waals surface area contributed by atoms with E-state index in [1.54, 1.807) is 30.9 Å². The van der Waals surface area contributed by atoms with E-state index in [1.807, 2.05) is 14.0 Å². The summed E-state index contributed by atoms with van der Waals surface area (Å²) in [6.45, 7) is 4.88. The molecule has 2 N–H and O–H groups in total. The number of benzene rings is 1. The molecule has 0 unspecified atom stereocenters. The summed E-state index contributed by atoms with van der Waals surface area (Å²) in [5.41, 5.74) is 3.62. The summed E-state index contributed by atoms with van der Waals surface area (Å²) in [4.78, 5) is 42.9. The van der Waals surface area contributed by atoms with Gasteiger partial charge in [0.1, 0.15) is 11.9 Å². The van der Waals surface area contributed by atoms with E-state index < -0.39 is 17.8 Å². The zero-order chi connectivity index (χ0) is 26.1. The first-order valence-electron chi connectivity index (χ1n) is 11.3. The van der Waals surface area contributed by atoms with Crippen molar-refractivity contribution >= 4 is 23.5 Å². The van der Waals surface area contributed by atoms with Crippen molar-refractivity contribution in [1.29, 1.82) is 0 Å². The molecule has 10 nitrogen and oxygen atoms in total. The van der Waals surface area contributed by atoms with Gasteiger partial charge in [0.05, 0.1) is 18.8 Å². The van der Waals surface area contributed by atoms with E-state index in [2.05, 4.69) is 20.7 Å². The number of rotatable bonds is 3. The van der Waals surface area contributed by atoms with Crippen molar-refractivity contribution < 1.29 is 23.5 Å². The molecule has 1 aliphatic rings. The minimum absolute atomic E-state index is 0.127. The van der Waals surface area contributed by atoms with Gasteiger partial charge in [0.25, 0.3) is 5.91 Å². The van der Waals surface area contributed by atoms with Crippen LogP contribution in [0.15, 0.2) is 30.5 Å². The number of aromatic nitrogens is 3. The van der Waals surface area contributed by atoms with Crippen LogP contribution in [0.3, 0.4) is 0 Å². The number of pyridine rings is 1. The lowest BCUT2D eigenvalue weighted by molar-refractivity contribution is -0.122. The summed E-state index contributed by atoms with van der Waals surface area (Å²) in [6, 6.07) is 5.66. The van der Waals surface area contributed by atoms with Crippen LogP contribution in [0, 0.1) is 12.7 Å². The van der Waals surface area contributed by atoms with Crippen molar-refractivity contribution in [1.82, 2.24) is 25.0 Å². The molecule has 0 saturated carbocycles. The summed E-state index contributed by atoms with van der Waals surface area (Å²) in [5, 5.41) is 9.67. The lowest BCUT2D eigenvalue weighted by Gasteiger charge is -2.24. The Balaban J connectivity index is 1.86. The molecule has 1 aliphatic heterocycles. The maximum Gasteiger partial charge on any atom is 0.254 e. The lowest BCUT2D eigenvalue weighted by Crippen LogP contribution is -2.31. The monoisotopic (exact) mass is 494 g/mol. The number of carbonyl (C=O) groups is 3. The molecule has 3 amide bonds. The smallest absolute Gasteiger partial charge is 0.254 e. The number of nitrogens with zero attached hydrogens (tertiary/aromatic N) is 4. The molecule has 1 aromatic carbocycles. The van der Waals surface area contributed by atoms with Gasteiger partial charge in [-0.15, -0.1) is 0 Å². The highest BCUT2D eigenvalue weighted by molar-refractivity contribution is 5.96. The van der Waals surface area contributed by atoms with Crippen LogP contribution in [-0.2, 0) is 23.2 Å². The molecule has 3 heterocycles. The van der Waals surface area contributed by atoms with E-state index in [4.69, 9.17) is 4.74 Å². The van der Waals surface area contributed by atoms with Crippen LogP contribution in [0.4, 0.5) is 10.2 Å². The Labute approximate surface area is 207 Å². The van der Waals surface area contributed by atoms with Gasteiger partial charge in [-0.25, -0.2) is 9.37 Å². The molecule has 1 atom stereocenters. The molecule has 188 valence electrons. The third-order valence-electron chi connectivity index (χ3n) is 6.02. The predicted octanol–water partition coefficient (Wildman–Crippen LogP) is 2.73. The molecule has 2 aromatic heterocycles. The first-order chi connectivity index (χ1) is 17.0. The molecule has 11 heteroatoms. The highest BCUT2D eigenvalue weighted by atomic mass is 19.1. The van der Waals surface area contributed by atoms with Crippen LogP contribution in [0.25, 0.3) is 11.1 Å². The first-order valence-corrected chi connectivity index (χ1v) is 11.3. The molecule has 3 aromatic rings. The number of aryl methyl sites for hydroxylation is 1. The maximum absolute atomic E-state index is 14.2. The summed E-state index contributed by atoms with van der Waals surface area (Å²) in [5.74, 6) is -1.30. The highest BCUT2D eigenvalue weighted by Crippen LogP contribution is 2.36. The van der Waals surface area contributed by atoms with E-state index in [0.29, 0.717) is 22.4 Å². The fourth-order valence-electron chi connectivity index (χ4n) is 4.13. The topological polar surface area (TPSA) is 118 Å². The summed E-state index contributed by atoms with van der Waals surface area (Å²) < 4.78 is 22.1. The van der Waals surface area contributed by atoms with Crippen LogP contribution >= 0.6 is 0 Å².